The Labute approximate surface area is 135 Å². The van der Waals surface area contributed by atoms with Gasteiger partial charge in [-0.05, 0) is 23.3 Å². The van der Waals surface area contributed by atoms with Crippen molar-refractivity contribution >= 4 is 5.97 Å². The molecule has 114 valence electrons. The summed E-state index contributed by atoms with van der Waals surface area (Å²) in [5.74, 6) is -0.0414. The fourth-order valence-electron chi connectivity index (χ4n) is 2.48. The molecule has 0 bridgehead atoms. The number of hydrogen-bond acceptors (Lipinski definition) is 3. The van der Waals surface area contributed by atoms with E-state index in [9.17, 15) is 4.79 Å². The summed E-state index contributed by atoms with van der Waals surface area (Å²) in [6, 6.07) is 27.5. The molecular formula is C20H17NO2. The predicted molar refractivity (Wildman–Crippen MR) is 89.9 cm³/mol. The number of carbonyl (C=O) groups excluding carboxylic acids is 1. The van der Waals surface area contributed by atoms with Crippen molar-refractivity contribution in [3.63, 3.8) is 0 Å². The van der Waals surface area contributed by atoms with Crippen LogP contribution in [-0.2, 0) is 10.3 Å². The average molecular weight is 303 g/mol. The highest BCUT2D eigenvalue weighted by molar-refractivity contribution is 5.88. The molecule has 3 aromatic rings. The smallest absolute Gasteiger partial charge is 0.340 e. The van der Waals surface area contributed by atoms with Crippen molar-refractivity contribution in [1.82, 2.24) is 0 Å². The zero-order valence-electron chi connectivity index (χ0n) is 12.6. The van der Waals surface area contributed by atoms with E-state index in [1.165, 1.54) is 0 Å². The number of nitrogens with two attached hydrogens (primary N) is 1. The monoisotopic (exact) mass is 303 g/mol. The molecule has 0 heterocycles. The van der Waals surface area contributed by atoms with Crippen LogP contribution < -0.4 is 10.5 Å². The minimum absolute atomic E-state index is 0.471. The van der Waals surface area contributed by atoms with Gasteiger partial charge in [0.1, 0.15) is 5.75 Å². The Balaban J connectivity index is 2.04. The SMILES string of the molecule is NC(C(=O)Oc1ccccc1)(c1ccccc1)c1ccccc1. The number of benzene rings is 3. The van der Waals surface area contributed by atoms with Crippen LogP contribution in [0.25, 0.3) is 0 Å². The molecule has 0 aliphatic heterocycles. The first-order valence-electron chi connectivity index (χ1n) is 7.38. The lowest BCUT2D eigenvalue weighted by Gasteiger charge is -2.28. The van der Waals surface area contributed by atoms with E-state index >= 15 is 0 Å². The zero-order valence-corrected chi connectivity index (χ0v) is 12.6. The molecular weight excluding hydrogens is 286 g/mol. The molecule has 0 unspecified atom stereocenters. The molecule has 3 aromatic carbocycles. The van der Waals surface area contributed by atoms with Crippen molar-refractivity contribution in [2.45, 2.75) is 5.54 Å². The predicted octanol–water partition coefficient (Wildman–Crippen LogP) is 3.49. The van der Waals surface area contributed by atoms with Gasteiger partial charge in [-0.2, -0.15) is 0 Å². The Morgan fingerprint density at radius 3 is 1.52 bits per heavy atom. The van der Waals surface area contributed by atoms with Gasteiger partial charge in [0.05, 0.1) is 0 Å². The van der Waals surface area contributed by atoms with E-state index < -0.39 is 11.5 Å². The summed E-state index contributed by atoms with van der Waals surface area (Å²) in [5.41, 5.74) is 6.57. The molecule has 3 heteroatoms. The second-order valence-corrected chi connectivity index (χ2v) is 5.24. The van der Waals surface area contributed by atoms with Crippen molar-refractivity contribution < 1.29 is 9.53 Å². The van der Waals surface area contributed by atoms with Crippen molar-refractivity contribution in [3.8, 4) is 5.75 Å². The molecule has 0 atom stereocenters. The van der Waals surface area contributed by atoms with E-state index in [2.05, 4.69) is 0 Å². The summed E-state index contributed by atoms with van der Waals surface area (Å²) in [5, 5.41) is 0. The number of carbonyl (C=O) groups is 1. The summed E-state index contributed by atoms with van der Waals surface area (Å²) >= 11 is 0. The quantitative estimate of drug-likeness (QED) is 0.593. The van der Waals surface area contributed by atoms with Gasteiger partial charge in [-0.1, -0.05) is 78.9 Å². The second kappa shape index (κ2) is 6.46. The minimum atomic E-state index is -1.36. The molecule has 2 N–H and O–H groups in total. The first kappa shape index (κ1) is 15.0. The first-order chi connectivity index (χ1) is 11.2. The first-order valence-corrected chi connectivity index (χ1v) is 7.38. The van der Waals surface area contributed by atoms with Crippen molar-refractivity contribution in [2.75, 3.05) is 0 Å². The Hall–Kier alpha value is -2.91. The maximum absolute atomic E-state index is 12.9. The normalized spacial score (nSPS) is 11.0. The van der Waals surface area contributed by atoms with E-state index in [1.807, 2.05) is 78.9 Å². The fourth-order valence-corrected chi connectivity index (χ4v) is 2.48. The van der Waals surface area contributed by atoms with E-state index in [0.717, 1.165) is 0 Å². The number of rotatable bonds is 4. The van der Waals surface area contributed by atoms with Crippen molar-refractivity contribution in [1.29, 1.82) is 0 Å². The van der Waals surface area contributed by atoms with E-state index in [1.54, 1.807) is 12.1 Å². The molecule has 0 spiro atoms. The van der Waals surface area contributed by atoms with Crippen LogP contribution >= 0.6 is 0 Å². The summed E-state index contributed by atoms with van der Waals surface area (Å²) in [6.45, 7) is 0. The summed E-state index contributed by atoms with van der Waals surface area (Å²) in [4.78, 5) is 12.9. The zero-order chi connectivity index (χ0) is 16.1. The molecule has 0 saturated carbocycles. The van der Waals surface area contributed by atoms with Crippen molar-refractivity contribution in [3.05, 3.63) is 102 Å². The average Bonchev–Trinajstić information content (AvgIpc) is 2.63. The lowest BCUT2D eigenvalue weighted by Crippen LogP contribution is -2.48. The van der Waals surface area contributed by atoms with Crippen LogP contribution in [0.4, 0.5) is 0 Å². The van der Waals surface area contributed by atoms with Crippen LogP contribution in [0.5, 0.6) is 5.75 Å². The summed E-state index contributed by atoms with van der Waals surface area (Å²) in [7, 11) is 0. The number of esters is 1. The molecule has 23 heavy (non-hydrogen) atoms. The fraction of sp³-hybridized carbons (Fsp3) is 0.0500. The highest BCUT2D eigenvalue weighted by Crippen LogP contribution is 2.29. The van der Waals surface area contributed by atoms with Gasteiger partial charge in [0.15, 0.2) is 5.54 Å². The van der Waals surface area contributed by atoms with Gasteiger partial charge in [0.2, 0.25) is 0 Å². The highest BCUT2D eigenvalue weighted by atomic mass is 16.5. The van der Waals surface area contributed by atoms with Crippen LogP contribution in [-0.4, -0.2) is 5.97 Å². The summed E-state index contributed by atoms with van der Waals surface area (Å²) in [6.07, 6.45) is 0. The van der Waals surface area contributed by atoms with Crippen LogP contribution in [0.1, 0.15) is 11.1 Å². The van der Waals surface area contributed by atoms with Gasteiger partial charge in [0, 0.05) is 0 Å². The van der Waals surface area contributed by atoms with Gasteiger partial charge in [-0.25, -0.2) is 4.79 Å². The second-order valence-electron chi connectivity index (χ2n) is 5.24. The van der Waals surface area contributed by atoms with Gasteiger partial charge >= 0.3 is 5.97 Å². The summed E-state index contributed by atoms with van der Waals surface area (Å²) < 4.78 is 5.52. The van der Waals surface area contributed by atoms with Crippen LogP contribution in [0.2, 0.25) is 0 Å². The minimum Gasteiger partial charge on any atom is -0.425 e. The molecule has 0 aliphatic carbocycles. The third-order valence-electron chi connectivity index (χ3n) is 3.73. The van der Waals surface area contributed by atoms with E-state index in [-0.39, 0.29) is 0 Å². The molecule has 0 saturated heterocycles. The highest BCUT2D eigenvalue weighted by Gasteiger charge is 2.39. The number of ether oxygens (including phenoxy) is 1. The molecule has 0 amide bonds. The lowest BCUT2D eigenvalue weighted by molar-refractivity contribution is -0.139. The molecule has 0 aromatic heterocycles. The molecule has 3 rings (SSSR count). The third-order valence-corrected chi connectivity index (χ3v) is 3.73. The molecule has 3 nitrogen and oxygen atoms in total. The molecule has 0 aliphatic rings. The number of hydrogen-bond donors (Lipinski definition) is 1. The van der Waals surface area contributed by atoms with E-state index in [4.69, 9.17) is 10.5 Å². The van der Waals surface area contributed by atoms with Crippen LogP contribution in [0, 0.1) is 0 Å². The lowest BCUT2D eigenvalue weighted by atomic mass is 9.84. The maximum Gasteiger partial charge on any atom is 0.340 e. The Morgan fingerprint density at radius 1 is 0.696 bits per heavy atom. The van der Waals surface area contributed by atoms with Gasteiger partial charge in [-0.15, -0.1) is 0 Å². The standard InChI is InChI=1S/C20H17NO2/c21-20(16-10-4-1-5-11-16,17-12-6-2-7-13-17)19(22)23-18-14-8-3-9-15-18/h1-15H,21H2. The Bertz CT molecular complexity index is 731. The van der Waals surface area contributed by atoms with Gasteiger partial charge < -0.3 is 10.5 Å². The van der Waals surface area contributed by atoms with Gasteiger partial charge in [0.25, 0.3) is 0 Å². The molecule has 0 fully saturated rings. The van der Waals surface area contributed by atoms with Crippen LogP contribution in [0.3, 0.4) is 0 Å². The molecule has 0 radical (unpaired) electrons. The Morgan fingerprint density at radius 2 is 1.09 bits per heavy atom. The third kappa shape index (κ3) is 3.00. The topological polar surface area (TPSA) is 52.3 Å². The number of para-hydroxylation sites is 1. The van der Waals surface area contributed by atoms with E-state index in [0.29, 0.717) is 16.9 Å². The van der Waals surface area contributed by atoms with Crippen LogP contribution in [0.15, 0.2) is 91.0 Å². The maximum atomic E-state index is 12.9. The van der Waals surface area contributed by atoms with Gasteiger partial charge in [-0.3, -0.25) is 0 Å². The largest absolute Gasteiger partial charge is 0.425 e. The Kier molecular flexibility index (Phi) is 4.22. The van der Waals surface area contributed by atoms with Crippen molar-refractivity contribution in [2.24, 2.45) is 5.73 Å².